The van der Waals surface area contributed by atoms with Gasteiger partial charge in [-0.1, -0.05) is 0 Å². The Morgan fingerprint density at radius 2 is 2.15 bits per heavy atom. The van der Waals surface area contributed by atoms with Crippen LogP contribution in [0.1, 0.15) is 0 Å². The minimum atomic E-state index is 0.177. The van der Waals surface area contributed by atoms with E-state index in [9.17, 15) is 0 Å². The van der Waals surface area contributed by atoms with Crippen LogP contribution in [0.15, 0.2) is 12.5 Å². The largest absolute Gasteiger partial charge is 0.366 e. The van der Waals surface area contributed by atoms with E-state index in [2.05, 4.69) is 15.2 Å². The summed E-state index contributed by atoms with van der Waals surface area (Å²) in [6.45, 7) is 0. The maximum atomic E-state index is 5.59. The van der Waals surface area contributed by atoms with E-state index in [0.29, 0.717) is 5.82 Å². The van der Waals surface area contributed by atoms with Gasteiger partial charge in [-0.25, -0.2) is 9.66 Å². The van der Waals surface area contributed by atoms with Gasteiger partial charge in [0.05, 0.1) is 12.5 Å². The predicted octanol–water partition coefficient (Wildman–Crippen LogP) is -1.03. The molecule has 7 nitrogen and oxygen atoms in total. The lowest BCUT2D eigenvalue weighted by atomic mass is 10.4. The maximum absolute atomic E-state index is 5.59. The highest BCUT2D eigenvalue weighted by Crippen LogP contribution is 2.14. The van der Waals surface area contributed by atoms with Crippen LogP contribution in [0.3, 0.4) is 0 Å². The molecule has 0 spiro atoms. The molecule has 2 heterocycles. The number of nitrogen functional groups attached to an aromatic ring is 2. The van der Waals surface area contributed by atoms with Crippen molar-refractivity contribution < 1.29 is 0 Å². The summed E-state index contributed by atoms with van der Waals surface area (Å²) >= 11 is 0. The molecule has 0 aliphatic heterocycles. The van der Waals surface area contributed by atoms with Gasteiger partial charge >= 0.3 is 0 Å². The number of aryl methyl sites for hydroxylation is 1. The Labute approximate surface area is 74.0 Å². The highest BCUT2D eigenvalue weighted by molar-refractivity contribution is 5.51. The number of imidazole rings is 1. The molecule has 4 N–H and O–H groups in total. The second-order valence-electron chi connectivity index (χ2n) is 2.64. The Hall–Kier alpha value is -2.05. The molecule has 0 saturated heterocycles. The van der Waals surface area contributed by atoms with Crippen molar-refractivity contribution in [2.24, 2.45) is 7.05 Å². The standard InChI is InChI=1S/C6H9N7/c1-12-3-9-2-4(12)5-10-11-6(7)13(5)8/h2-3H,8H2,1H3,(H2,7,11). The summed E-state index contributed by atoms with van der Waals surface area (Å²) in [5, 5.41) is 7.46. The van der Waals surface area contributed by atoms with Crippen molar-refractivity contribution in [3.63, 3.8) is 0 Å². The summed E-state index contributed by atoms with van der Waals surface area (Å²) < 4.78 is 3.00. The highest BCUT2D eigenvalue weighted by Gasteiger charge is 2.11. The lowest BCUT2D eigenvalue weighted by Crippen LogP contribution is -2.14. The molecule has 0 aromatic carbocycles. The Balaban J connectivity index is 2.59. The number of aromatic nitrogens is 5. The van der Waals surface area contributed by atoms with Crippen LogP contribution in [0, 0.1) is 0 Å². The van der Waals surface area contributed by atoms with Gasteiger partial charge in [-0.3, -0.25) is 0 Å². The molecule has 0 bridgehead atoms. The van der Waals surface area contributed by atoms with Crippen LogP contribution in [-0.2, 0) is 7.05 Å². The van der Waals surface area contributed by atoms with E-state index in [0.717, 1.165) is 5.69 Å². The zero-order valence-corrected chi connectivity index (χ0v) is 7.05. The van der Waals surface area contributed by atoms with E-state index in [4.69, 9.17) is 11.6 Å². The molecule has 2 rings (SSSR count). The summed E-state index contributed by atoms with van der Waals surface area (Å²) in [5.74, 6) is 6.26. The van der Waals surface area contributed by atoms with Crippen LogP contribution >= 0.6 is 0 Å². The zero-order chi connectivity index (χ0) is 9.42. The third-order valence-electron chi connectivity index (χ3n) is 1.77. The lowest BCUT2D eigenvalue weighted by molar-refractivity contribution is 0.894. The summed E-state index contributed by atoms with van der Waals surface area (Å²) in [4.78, 5) is 3.93. The van der Waals surface area contributed by atoms with Gasteiger partial charge in [-0.15, -0.1) is 10.2 Å². The van der Waals surface area contributed by atoms with Gasteiger partial charge in [-0.05, 0) is 0 Å². The fraction of sp³-hybridized carbons (Fsp3) is 0.167. The van der Waals surface area contributed by atoms with Crippen LogP contribution in [0.5, 0.6) is 0 Å². The molecule has 13 heavy (non-hydrogen) atoms. The van der Waals surface area contributed by atoms with E-state index >= 15 is 0 Å². The van der Waals surface area contributed by atoms with E-state index in [1.54, 1.807) is 17.1 Å². The fourth-order valence-electron chi connectivity index (χ4n) is 1.05. The van der Waals surface area contributed by atoms with Crippen LogP contribution in [-0.4, -0.2) is 24.4 Å². The summed E-state index contributed by atoms with van der Waals surface area (Å²) in [6.07, 6.45) is 3.30. The Morgan fingerprint density at radius 1 is 1.38 bits per heavy atom. The van der Waals surface area contributed by atoms with E-state index < -0.39 is 0 Å². The molecule has 68 valence electrons. The molecule has 0 saturated carbocycles. The minimum Gasteiger partial charge on any atom is -0.366 e. The van der Waals surface area contributed by atoms with E-state index in [1.165, 1.54) is 4.68 Å². The van der Waals surface area contributed by atoms with Gasteiger partial charge in [0.2, 0.25) is 11.8 Å². The highest BCUT2D eigenvalue weighted by atomic mass is 15.4. The van der Waals surface area contributed by atoms with Crippen molar-refractivity contribution in [3.8, 4) is 11.5 Å². The smallest absolute Gasteiger partial charge is 0.241 e. The Morgan fingerprint density at radius 3 is 2.62 bits per heavy atom. The minimum absolute atomic E-state index is 0.177. The van der Waals surface area contributed by atoms with Crippen molar-refractivity contribution in [3.05, 3.63) is 12.5 Å². The van der Waals surface area contributed by atoms with Crippen LogP contribution in [0.25, 0.3) is 11.5 Å². The van der Waals surface area contributed by atoms with Gasteiger partial charge in [0.25, 0.3) is 0 Å². The number of hydrogen-bond acceptors (Lipinski definition) is 5. The molecule has 0 aliphatic rings. The quantitative estimate of drug-likeness (QED) is 0.545. The van der Waals surface area contributed by atoms with Gasteiger partial charge < -0.3 is 16.1 Å². The first-order valence-corrected chi connectivity index (χ1v) is 3.63. The third-order valence-corrected chi connectivity index (χ3v) is 1.77. The zero-order valence-electron chi connectivity index (χ0n) is 7.05. The van der Waals surface area contributed by atoms with Gasteiger partial charge in [0, 0.05) is 7.05 Å². The molecule has 7 heteroatoms. The van der Waals surface area contributed by atoms with Crippen LogP contribution in [0.4, 0.5) is 5.95 Å². The number of anilines is 1. The van der Waals surface area contributed by atoms with E-state index in [1.807, 2.05) is 7.05 Å². The average Bonchev–Trinajstić information content (AvgIpc) is 2.62. The molecule has 0 unspecified atom stereocenters. The molecule has 0 aliphatic carbocycles. The molecule has 0 radical (unpaired) electrons. The molecular weight excluding hydrogens is 170 g/mol. The first-order chi connectivity index (χ1) is 6.20. The van der Waals surface area contributed by atoms with Gasteiger partial charge in [0.1, 0.15) is 5.69 Å². The van der Waals surface area contributed by atoms with Crippen molar-refractivity contribution in [2.45, 2.75) is 0 Å². The Kier molecular flexibility index (Phi) is 1.44. The SMILES string of the molecule is Cn1cncc1-c1nnc(N)n1N. The van der Waals surface area contributed by atoms with E-state index in [-0.39, 0.29) is 5.95 Å². The summed E-state index contributed by atoms with van der Waals surface area (Å²) in [7, 11) is 1.84. The molecule has 0 amide bonds. The second-order valence-corrected chi connectivity index (χ2v) is 2.64. The van der Waals surface area contributed by atoms with Crippen molar-refractivity contribution in [1.29, 1.82) is 0 Å². The molecule has 0 atom stereocenters. The summed E-state index contributed by atoms with van der Waals surface area (Å²) in [6, 6.07) is 0. The first-order valence-electron chi connectivity index (χ1n) is 3.63. The Bertz CT molecular complexity index is 426. The molecular formula is C6H9N7. The molecule has 2 aromatic rings. The summed E-state index contributed by atoms with van der Waals surface area (Å²) in [5.41, 5.74) is 6.20. The first kappa shape index (κ1) is 7.59. The molecule has 2 aromatic heterocycles. The van der Waals surface area contributed by atoms with Crippen molar-refractivity contribution in [1.82, 2.24) is 24.4 Å². The molecule has 0 fully saturated rings. The second kappa shape index (κ2) is 2.47. The topological polar surface area (TPSA) is 101 Å². The monoisotopic (exact) mass is 179 g/mol. The maximum Gasteiger partial charge on any atom is 0.241 e. The van der Waals surface area contributed by atoms with Crippen molar-refractivity contribution in [2.75, 3.05) is 11.6 Å². The third kappa shape index (κ3) is 1.01. The van der Waals surface area contributed by atoms with Gasteiger partial charge in [-0.2, -0.15) is 0 Å². The predicted molar refractivity (Wildman–Crippen MR) is 46.8 cm³/mol. The normalized spacial score (nSPS) is 10.5. The number of nitrogens with zero attached hydrogens (tertiary/aromatic N) is 5. The van der Waals surface area contributed by atoms with Crippen LogP contribution < -0.4 is 11.6 Å². The number of nitrogens with two attached hydrogens (primary N) is 2. The van der Waals surface area contributed by atoms with Crippen molar-refractivity contribution >= 4 is 5.95 Å². The number of rotatable bonds is 1. The van der Waals surface area contributed by atoms with Gasteiger partial charge in [0.15, 0.2) is 0 Å². The van der Waals surface area contributed by atoms with Crippen LogP contribution in [0.2, 0.25) is 0 Å². The lowest BCUT2D eigenvalue weighted by Gasteiger charge is -2.00. The fourth-order valence-corrected chi connectivity index (χ4v) is 1.05. The average molecular weight is 179 g/mol. The number of hydrogen-bond donors (Lipinski definition) is 2.